The molecule has 176 valence electrons. The molecule has 0 aromatic heterocycles. The van der Waals surface area contributed by atoms with E-state index in [0.29, 0.717) is 6.42 Å². The fourth-order valence-corrected chi connectivity index (χ4v) is 2.73. The smallest absolute Gasteiger partial charge is 0.186 e. The molecule has 0 spiro atoms. The largest absolute Gasteiger partial charge is 0.394 e. The number of hydrogen-bond acceptors (Lipinski definition) is 2. The third-order valence-electron chi connectivity index (χ3n) is 4.34. The van der Waals surface area contributed by atoms with Crippen LogP contribution in [0.4, 0.5) is 46.5 Å². The fourth-order valence-electron chi connectivity index (χ4n) is 2.38. The molecule has 4 N–H and O–H groups in total. The number of nitrogen functional groups attached to an aromatic ring is 2. The molecule has 0 saturated carbocycles. The summed E-state index contributed by atoms with van der Waals surface area (Å²) in [6.45, 7) is 3.91. The van der Waals surface area contributed by atoms with Gasteiger partial charge in [0, 0.05) is 5.92 Å². The van der Waals surface area contributed by atoms with Gasteiger partial charge >= 0.3 is 0 Å². The van der Waals surface area contributed by atoms with Crippen LogP contribution < -0.4 is 11.5 Å². The molecule has 0 radical (unpaired) electrons. The lowest BCUT2D eigenvalue weighted by Crippen LogP contribution is -2.06. The summed E-state index contributed by atoms with van der Waals surface area (Å²) in [6.07, 6.45) is 3.40. The molecule has 1 unspecified atom stereocenters. The van der Waals surface area contributed by atoms with Crippen molar-refractivity contribution < 1.29 is 35.1 Å². The third kappa shape index (κ3) is 6.06. The van der Waals surface area contributed by atoms with Gasteiger partial charge in [0.2, 0.25) is 0 Å². The van der Waals surface area contributed by atoms with E-state index in [1.165, 1.54) is 0 Å². The van der Waals surface area contributed by atoms with Gasteiger partial charge in [0.25, 0.3) is 0 Å². The van der Waals surface area contributed by atoms with Gasteiger partial charge in [0.1, 0.15) is 16.9 Å². The minimum atomic E-state index is -1.60. The highest BCUT2D eigenvalue weighted by Crippen LogP contribution is 2.29. The molecule has 2 aromatic carbocycles. The van der Waals surface area contributed by atoms with Gasteiger partial charge in [-0.15, -0.1) is 0 Å². The van der Waals surface area contributed by atoms with Crippen LogP contribution in [0.3, 0.4) is 0 Å². The van der Waals surface area contributed by atoms with Crippen molar-refractivity contribution >= 4 is 27.3 Å². The minimum absolute atomic E-state index is 0.0579. The van der Waals surface area contributed by atoms with E-state index in [4.69, 9.17) is 11.5 Å². The number of rotatable bonds is 4. The van der Waals surface area contributed by atoms with Crippen molar-refractivity contribution in [3.05, 3.63) is 56.6 Å². The lowest BCUT2D eigenvalue weighted by atomic mass is 9.99. The third-order valence-corrected chi connectivity index (χ3v) is 5.04. The van der Waals surface area contributed by atoms with E-state index in [2.05, 4.69) is 27.8 Å². The minimum Gasteiger partial charge on any atom is -0.394 e. The maximum absolute atomic E-state index is 13.5. The van der Waals surface area contributed by atoms with Crippen LogP contribution in [0, 0.1) is 64.3 Å². The standard InChI is InChI=1S/C15H17F4N.C6H2BrF4N/c1-3-5-6-9(4-2)7-8-10-11(16)13(18)15(20)14(19)12(10)17;7-1-2(8)4(10)6(12)5(11)3(1)9/h9H,3-6,20H2,1-2H3;12H2. The van der Waals surface area contributed by atoms with Gasteiger partial charge in [-0.25, -0.2) is 35.1 Å². The molecule has 0 saturated heterocycles. The van der Waals surface area contributed by atoms with Crippen LogP contribution in [0.25, 0.3) is 0 Å². The zero-order valence-corrected chi connectivity index (χ0v) is 18.5. The average molecular weight is 531 g/mol. The normalized spacial score (nSPS) is 11.3. The van der Waals surface area contributed by atoms with Crippen molar-refractivity contribution in [2.75, 3.05) is 11.5 Å². The molecule has 0 aliphatic rings. The Hall–Kier alpha value is -2.48. The number of halogens is 9. The number of anilines is 2. The van der Waals surface area contributed by atoms with E-state index in [-0.39, 0.29) is 5.92 Å². The Bertz CT molecular complexity index is 913. The molecule has 2 aromatic rings. The lowest BCUT2D eigenvalue weighted by molar-refractivity contribution is 0.452. The van der Waals surface area contributed by atoms with Crippen molar-refractivity contribution in [1.82, 2.24) is 0 Å². The van der Waals surface area contributed by atoms with Crippen molar-refractivity contribution in [2.45, 2.75) is 39.5 Å². The summed E-state index contributed by atoms with van der Waals surface area (Å²) in [5.41, 5.74) is 6.40. The first kappa shape index (κ1) is 27.6. The topological polar surface area (TPSA) is 52.0 Å². The molecule has 0 aliphatic heterocycles. The maximum Gasteiger partial charge on any atom is 0.186 e. The van der Waals surface area contributed by atoms with Crippen LogP contribution in [0.2, 0.25) is 0 Å². The molecule has 2 rings (SSSR count). The Balaban J connectivity index is 0.000000363. The molecule has 0 fully saturated rings. The first-order chi connectivity index (χ1) is 14.9. The molecule has 0 heterocycles. The highest BCUT2D eigenvalue weighted by molar-refractivity contribution is 9.10. The molecule has 2 nitrogen and oxygen atoms in total. The van der Waals surface area contributed by atoms with E-state index in [9.17, 15) is 35.1 Å². The van der Waals surface area contributed by atoms with Gasteiger partial charge < -0.3 is 11.5 Å². The molecular weight excluding hydrogens is 512 g/mol. The second-order valence-corrected chi connectivity index (χ2v) is 7.34. The Kier molecular flexibility index (Phi) is 10.3. The highest BCUT2D eigenvalue weighted by Gasteiger charge is 2.23. The Morgan fingerprint density at radius 1 is 0.719 bits per heavy atom. The molecule has 0 aliphatic carbocycles. The zero-order chi connectivity index (χ0) is 24.7. The first-order valence-electron chi connectivity index (χ1n) is 9.30. The summed E-state index contributed by atoms with van der Waals surface area (Å²) in [4.78, 5) is 0. The van der Waals surface area contributed by atoms with Crippen LogP contribution in [0.5, 0.6) is 0 Å². The van der Waals surface area contributed by atoms with Gasteiger partial charge in [-0.1, -0.05) is 38.5 Å². The van der Waals surface area contributed by atoms with Gasteiger partial charge in [-0.3, -0.25) is 0 Å². The van der Waals surface area contributed by atoms with Crippen LogP contribution in [-0.4, -0.2) is 0 Å². The van der Waals surface area contributed by atoms with Crippen molar-refractivity contribution in [2.24, 2.45) is 5.92 Å². The number of unbranched alkanes of at least 4 members (excludes halogenated alkanes) is 1. The van der Waals surface area contributed by atoms with Crippen LogP contribution in [0.1, 0.15) is 45.1 Å². The van der Waals surface area contributed by atoms with E-state index >= 15 is 0 Å². The highest BCUT2D eigenvalue weighted by atomic mass is 79.9. The summed E-state index contributed by atoms with van der Waals surface area (Å²) in [5, 5.41) is 0. The second kappa shape index (κ2) is 11.9. The monoisotopic (exact) mass is 530 g/mol. The van der Waals surface area contributed by atoms with Gasteiger partial charge in [0.15, 0.2) is 46.5 Å². The predicted octanol–water partition coefficient (Wildman–Crippen LogP) is 6.98. The Labute approximate surface area is 188 Å². The second-order valence-electron chi connectivity index (χ2n) is 6.54. The fraction of sp³-hybridized carbons (Fsp3) is 0.333. The molecule has 11 heteroatoms. The molecular formula is C21H19BrF8N2. The number of hydrogen-bond donors (Lipinski definition) is 2. The molecule has 1 atom stereocenters. The Morgan fingerprint density at radius 2 is 1.12 bits per heavy atom. The van der Waals surface area contributed by atoms with E-state index in [1.807, 2.05) is 13.8 Å². The van der Waals surface area contributed by atoms with Crippen LogP contribution >= 0.6 is 15.9 Å². The summed E-state index contributed by atoms with van der Waals surface area (Å²) in [5.74, 6) is -7.72. The van der Waals surface area contributed by atoms with E-state index < -0.39 is 67.9 Å². The predicted molar refractivity (Wildman–Crippen MR) is 109 cm³/mol. The van der Waals surface area contributed by atoms with Gasteiger partial charge in [0.05, 0.1) is 4.47 Å². The van der Waals surface area contributed by atoms with Crippen LogP contribution in [-0.2, 0) is 0 Å². The van der Waals surface area contributed by atoms with Crippen LogP contribution in [0.15, 0.2) is 4.47 Å². The molecule has 0 amide bonds. The Morgan fingerprint density at radius 3 is 1.50 bits per heavy atom. The van der Waals surface area contributed by atoms with Crippen molar-refractivity contribution in [3.8, 4) is 11.8 Å². The first-order valence-corrected chi connectivity index (χ1v) is 10.1. The number of benzene rings is 2. The lowest BCUT2D eigenvalue weighted by Gasteiger charge is -2.07. The quantitative estimate of drug-likeness (QED) is 0.147. The maximum atomic E-state index is 13.5. The van der Waals surface area contributed by atoms with Crippen molar-refractivity contribution in [3.63, 3.8) is 0 Å². The van der Waals surface area contributed by atoms with Gasteiger partial charge in [-0.2, -0.15) is 0 Å². The van der Waals surface area contributed by atoms with Gasteiger partial charge in [-0.05, 0) is 28.8 Å². The molecule has 32 heavy (non-hydrogen) atoms. The number of nitrogens with two attached hydrogens (primary N) is 2. The van der Waals surface area contributed by atoms with E-state index in [0.717, 1.165) is 19.3 Å². The SMILES string of the molecule is CCCCC(C#Cc1c(F)c(F)c(N)c(F)c1F)CC.Nc1c(F)c(F)c(Br)c(F)c1F. The summed E-state index contributed by atoms with van der Waals surface area (Å²) in [6, 6.07) is 0. The zero-order valence-electron chi connectivity index (χ0n) is 17.0. The average Bonchev–Trinajstić information content (AvgIpc) is 2.79. The summed E-state index contributed by atoms with van der Waals surface area (Å²) >= 11 is 2.33. The summed E-state index contributed by atoms with van der Waals surface area (Å²) < 4.78 is 103. The van der Waals surface area contributed by atoms with Crippen molar-refractivity contribution in [1.29, 1.82) is 0 Å². The van der Waals surface area contributed by atoms with E-state index in [1.54, 1.807) is 0 Å². The molecule has 0 bridgehead atoms. The summed E-state index contributed by atoms with van der Waals surface area (Å²) in [7, 11) is 0.